The lowest BCUT2D eigenvalue weighted by molar-refractivity contribution is -0.119. The van der Waals surface area contributed by atoms with E-state index in [9.17, 15) is 4.79 Å². The standard InChI is InChI=1S/C19H22ClNO2S/c1-3-23-18-10-5-4-7-16(18)12-24-13-19(22)21-14(2)15-8-6-9-17(20)11-15/h4-11,14H,3,12-13H2,1-2H3,(H,21,22)/t14-/m0/s1. The molecule has 128 valence electrons. The molecule has 0 unspecified atom stereocenters. The van der Waals surface area contributed by atoms with E-state index in [1.54, 1.807) is 11.8 Å². The molecule has 2 aromatic rings. The summed E-state index contributed by atoms with van der Waals surface area (Å²) in [5.74, 6) is 2.06. The van der Waals surface area contributed by atoms with E-state index in [0.717, 1.165) is 22.6 Å². The number of hydrogen-bond donors (Lipinski definition) is 1. The molecule has 1 atom stereocenters. The molecule has 0 bridgehead atoms. The first-order valence-corrected chi connectivity index (χ1v) is 9.46. The van der Waals surface area contributed by atoms with Crippen molar-refractivity contribution < 1.29 is 9.53 Å². The Bertz CT molecular complexity index is 678. The van der Waals surface area contributed by atoms with Crippen LogP contribution >= 0.6 is 23.4 Å². The summed E-state index contributed by atoms with van der Waals surface area (Å²) in [6.07, 6.45) is 0. The molecule has 24 heavy (non-hydrogen) atoms. The molecule has 1 amide bonds. The highest BCUT2D eigenvalue weighted by atomic mass is 35.5. The van der Waals surface area contributed by atoms with Crippen LogP contribution in [0.4, 0.5) is 0 Å². The number of nitrogens with one attached hydrogen (secondary N) is 1. The van der Waals surface area contributed by atoms with Gasteiger partial charge in [-0.1, -0.05) is 41.9 Å². The maximum atomic E-state index is 12.1. The molecule has 0 saturated carbocycles. The number of amides is 1. The molecular formula is C19H22ClNO2S. The zero-order valence-electron chi connectivity index (χ0n) is 13.9. The summed E-state index contributed by atoms with van der Waals surface area (Å²) < 4.78 is 5.60. The predicted molar refractivity (Wildman–Crippen MR) is 102 cm³/mol. The van der Waals surface area contributed by atoms with Gasteiger partial charge in [0.15, 0.2) is 0 Å². The Balaban J connectivity index is 1.81. The van der Waals surface area contributed by atoms with Gasteiger partial charge in [0.2, 0.25) is 5.91 Å². The number of rotatable bonds is 8. The van der Waals surface area contributed by atoms with E-state index in [0.29, 0.717) is 17.4 Å². The quantitative estimate of drug-likeness (QED) is 0.728. The summed E-state index contributed by atoms with van der Waals surface area (Å²) in [7, 11) is 0. The van der Waals surface area contributed by atoms with Gasteiger partial charge in [-0.2, -0.15) is 0 Å². The smallest absolute Gasteiger partial charge is 0.230 e. The Kier molecular flexibility index (Phi) is 7.47. The Morgan fingerprint density at radius 1 is 1.25 bits per heavy atom. The predicted octanol–water partition coefficient (Wildman–Crippen LogP) is 4.85. The second kappa shape index (κ2) is 9.60. The average molecular weight is 364 g/mol. The molecule has 0 spiro atoms. The van der Waals surface area contributed by atoms with Gasteiger partial charge in [0, 0.05) is 16.3 Å². The second-order valence-electron chi connectivity index (χ2n) is 5.38. The van der Waals surface area contributed by atoms with Crippen molar-refractivity contribution in [2.45, 2.75) is 25.6 Å². The fraction of sp³-hybridized carbons (Fsp3) is 0.316. The molecule has 0 radical (unpaired) electrons. The lowest BCUT2D eigenvalue weighted by Gasteiger charge is -2.15. The van der Waals surface area contributed by atoms with Crippen molar-refractivity contribution in [3.63, 3.8) is 0 Å². The Morgan fingerprint density at radius 2 is 2.04 bits per heavy atom. The van der Waals surface area contributed by atoms with Gasteiger partial charge in [0.05, 0.1) is 18.4 Å². The van der Waals surface area contributed by atoms with E-state index in [1.807, 2.05) is 62.4 Å². The topological polar surface area (TPSA) is 38.3 Å². The van der Waals surface area contributed by atoms with Crippen LogP contribution in [-0.2, 0) is 10.5 Å². The minimum Gasteiger partial charge on any atom is -0.494 e. The molecule has 0 aliphatic heterocycles. The number of hydrogen-bond acceptors (Lipinski definition) is 3. The second-order valence-corrected chi connectivity index (χ2v) is 6.80. The molecule has 3 nitrogen and oxygen atoms in total. The third kappa shape index (κ3) is 5.77. The minimum absolute atomic E-state index is 0.0152. The molecular weight excluding hydrogens is 342 g/mol. The summed E-state index contributed by atoms with van der Waals surface area (Å²) >= 11 is 7.57. The van der Waals surface area contributed by atoms with E-state index in [1.165, 1.54) is 0 Å². The van der Waals surface area contributed by atoms with Gasteiger partial charge < -0.3 is 10.1 Å². The zero-order chi connectivity index (χ0) is 17.4. The number of benzene rings is 2. The fourth-order valence-corrected chi connectivity index (χ4v) is 3.34. The molecule has 0 aliphatic carbocycles. The van der Waals surface area contributed by atoms with Crippen molar-refractivity contribution in [2.75, 3.05) is 12.4 Å². The normalized spacial score (nSPS) is 11.8. The van der Waals surface area contributed by atoms with Crippen molar-refractivity contribution in [3.05, 3.63) is 64.7 Å². The van der Waals surface area contributed by atoms with Crippen LogP contribution in [0.3, 0.4) is 0 Å². The number of para-hydroxylation sites is 1. The maximum absolute atomic E-state index is 12.1. The van der Waals surface area contributed by atoms with Crippen molar-refractivity contribution in [3.8, 4) is 5.75 Å². The summed E-state index contributed by atoms with van der Waals surface area (Å²) in [4.78, 5) is 12.1. The number of ether oxygens (including phenoxy) is 1. The van der Waals surface area contributed by atoms with Crippen molar-refractivity contribution in [2.24, 2.45) is 0 Å². The lowest BCUT2D eigenvalue weighted by Crippen LogP contribution is -2.28. The number of carbonyl (C=O) groups is 1. The Hall–Kier alpha value is -1.65. The van der Waals surface area contributed by atoms with E-state index in [-0.39, 0.29) is 11.9 Å². The van der Waals surface area contributed by atoms with Crippen LogP contribution in [0, 0.1) is 0 Å². The van der Waals surface area contributed by atoms with Crippen LogP contribution in [-0.4, -0.2) is 18.3 Å². The molecule has 0 aromatic heterocycles. The zero-order valence-corrected chi connectivity index (χ0v) is 15.5. The monoisotopic (exact) mass is 363 g/mol. The highest BCUT2D eigenvalue weighted by Crippen LogP contribution is 2.23. The molecule has 1 N–H and O–H groups in total. The van der Waals surface area contributed by atoms with E-state index in [4.69, 9.17) is 16.3 Å². The summed E-state index contributed by atoms with van der Waals surface area (Å²) in [6, 6.07) is 15.4. The van der Waals surface area contributed by atoms with Gasteiger partial charge >= 0.3 is 0 Å². The SMILES string of the molecule is CCOc1ccccc1CSCC(=O)N[C@@H](C)c1cccc(Cl)c1. The molecule has 5 heteroatoms. The van der Waals surface area contributed by atoms with Gasteiger partial charge in [-0.25, -0.2) is 0 Å². The first kappa shape index (κ1) is 18.7. The Labute approximate surface area is 152 Å². The van der Waals surface area contributed by atoms with Crippen LogP contribution in [0.1, 0.15) is 31.0 Å². The van der Waals surface area contributed by atoms with Crippen LogP contribution in [0.2, 0.25) is 5.02 Å². The maximum Gasteiger partial charge on any atom is 0.230 e. The third-order valence-corrected chi connectivity index (χ3v) is 4.71. The average Bonchev–Trinajstić information content (AvgIpc) is 2.56. The third-order valence-electron chi connectivity index (χ3n) is 3.49. The highest BCUT2D eigenvalue weighted by Gasteiger charge is 2.10. The van der Waals surface area contributed by atoms with E-state index in [2.05, 4.69) is 5.32 Å². The number of thioether (sulfide) groups is 1. The lowest BCUT2D eigenvalue weighted by atomic mass is 10.1. The van der Waals surface area contributed by atoms with E-state index < -0.39 is 0 Å². The highest BCUT2D eigenvalue weighted by molar-refractivity contribution is 7.99. The molecule has 2 rings (SSSR count). The molecule has 2 aromatic carbocycles. The van der Waals surface area contributed by atoms with Gasteiger partial charge in [0.25, 0.3) is 0 Å². The van der Waals surface area contributed by atoms with Gasteiger partial charge in [0.1, 0.15) is 5.75 Å². The summed E-state index contributed by atoms with van der Waals surface area (Å²) in [5.41, 5.74) is 2.11. The molecule has 0 saturated heterocycles. The fourth-order valence-electron chi connectivity index (χ4n) is 2.32. The number of carbonyl (C=O) groups excluding carboxylic acids is 1. The molecule has 0 fully saturated rings. The minimum atomic E-state index is -0.0625. The largest absolute Gasteiger partial charge is 0.494 e. The molecule has 0 heterocycles. The van der Waals surface area contributed by atoms with Crippen LogP contribution in [0.25, 0.3) is 0 Å². The van der Waals surface area contributed by atoms with Crippen molar-refractivity contribution >= 4 is 29.3 Å². The summed E-state index contributed by atoms with van der Waals surface area (Å²) in [5, 5.41) is 3.68. The van der Waals surface area contributed by atoms with Crippen molar-refractivity contribution in [1.82, 2.24) is 5.32 Å². The van der Waals surface area contributed by atoms with Gasteiger partial charge in [-0.05, 0) is 37.6 Å². The number of halogens is 1. The van der Waals surface area contributed by atoms with Crippen LogP contribution in [0.5, 0.6) is 5.75 Å². The van der Waals surface area contributed by atoms with E-state index >= 15 is 0 Å². The van der Waals surface area contributed by atoms with Crippen molar-refractivity contribution in [1.29, 1.82) is 0 Å². The first-order valence-electron chi connectivity index (χ1n) is 7.93. The van der Waals surface area contributed by atoms with Gasteiger partial charge in [-0.15, -0.1) is 11.8 Å². The van der Waals surface area contributed by atoms with Crippen LogP contribution < -0.4 is 10.1 Å². The van der Waals surface area contributed by atoms with Crippen LogP contribution in [0.15, 0.2) is 48.5 Å². The van der Waals surface area contributed by atoms with Gasteiger partial charge in [-0.3, -0.25) is 4.79 Å². The Morgan fingerprint density at radius 3 is 2.79 bits per heavy atom. The summed E-state index contributed by atoms with van der Waals surface area (Å²) in [6.45, 7) is 4.56. The first-order chi connectivity index (χ1) is 11.6. The molecule has 0 aliphatic rings.